The smallest absolute Gasteiger partial charge is 0.256 e. The Balaban J connectivity index is 1.93. The normalized spacial score (nSPS) is 15.0. The molecule has 1 saturated heterocycles. The van der Waals surface area contributed by atoms with Crippen LogP contribution in [0.5, 0.6) is 0 Å². The molecule has 1 fully saturated rings. The minimum Gasteiger partial charge on any atom is -0.353 e. The number of carbonyl (C=O) groups is 1. The summed E-state index contributed by atoms with van der Waals surface area (Å²) < 4.78 is 13.2. The summed E-state index contributed by atoms with van der Waals surface area (Å²) in [6.07, 6.45) is 2.45. The molecule has 0 bridgehead atoms. The lowest BCUT2D eigenvalue weighted by Crippen LogP contribution is -2.47. The number of nitrogens with one attached hydrogen (secondary N) is 1. The quantitative estimate of drug-likeness (QED) is 0.846. The molecule has 1 aromatic heterocycles. The third kappa shape index (κ3) is 4.60. The van der Waals surface area contributed by atoms with Gasteiger partial charge >= 0.3 is 0 Å². The Morgan fingerprint density at radius 1 is 1.15 bits per heavy atom. The molecule has 3 rings (SSSR count). The zero-order valence-electron chi connectivity index (χ0n) is 15.9. The molecule has 1 aliphatic heterocycles. The van der Waals surface area contributed by atoms with E-state index in [0.29, 0.717) is 23.8 Å². The molecule has 0 unspecified atom stereocenters. The number of halogens is 1. The fourth-order valence-corrected chi connectivity index (χ4v) is 3.12. The number of anilines is 1. The van der Waals surface area contributed by atoms with Crippen molar-refractivity contribution < 1.29 is 9.18 Å². The van der Waals surface area contributed by atoms with Crippen molar-refractivity contribution >= 4 is 11.7 Å². The van der Waals surface area contributed by atoms with Crippen molar-refractivity contribution in [1.29, 1.82) is 0 Å². The van der Waals surface area contributed by atoms with Gasteiger partial charge in [-0.05, 0) is 37.2 Å². The highest BCUT2D eigenvalue weighted by Crippen LogP contribution is 2.24. The van der Waals surface area contributed by atoms with E-state index >= 15 is 0 Å². The van der Waals surface area contributed by atoms with Crippen LogP contribution in [0.25, 0.3) is 11.4 Å². The van der Waals surface area contributed by atoms with Gasteiger partial charge in [0.05, 0.1) is 0 Å². The largest absolute Gasteiger partial charge is 0.353 e. The van der Waals surface area contributed by atoms with Crippen LogP contribution in [0.1, 0.15) is 30.6 Å². The maximum Gasteiger partial charge on any atom is 0.256 e. The SMILES string of the molecule is CCCNC(=O)c1cnc(-c2ccc(F)cc2)nc1N1CCN(CC)CC1. The van der Waals surface area contributed by atoms with Crippen LogP contribution in [0.2, 0.25) is 0 Å². The number of likely N-dealkylation sites (N-methyl/N-ethyl adjacent to an activating group) is 1. The molecule has 0 spiro atoms. The van der Waals surface area contributed by atoms with Gasteiger partial charge in [-0.3, -0.25) is 4.79 Å². The van der Waals surface area contributed by atoms with Crippen LogP contribution in [-0.4, -0.2) is 60.0 Å². The highest BCUT2D eigenvalue weighted by Gasteiger charge is 2.23. The molecule has 2 aromatic rings. The summed E-state index contributed by atoms with van der Waals surface area (Å²) in [6.45, 7) is 9.27. The van der Waals surface area contributed by atoms with Crippen LogP contribution in [-0.2, 0) is 0 Å². The average molecular weight is 371 g/mol. The fourth-order valence-electron chi connectivity index (χ4n) is 3.12. The zero-order chi connectivity index (χ0) is 19.2. The van der Waals surface area contributed by atoms with Gasteiger partial charge in [-0.25, -0.2) is 14.4 Å². The van der Waals surface area contributed by atoms with Crippen LogP contribution >= 0.6 is 0 Å². The van der Waals surface area contributed by atoms with Crippen molar-refractivity contribution in [2.75, 3.05) is 44.2 Å². The van der Waals surface area contributed by atoms with Gasteiger partial charge in [0.2, 0.25) is 0 Å². The Hall–Kier alpha value is -2.54. The summed E-state index contributed by atoms with van der Waals surface area (Å²) in [5, 5.41) is 2.91. The first-order valence-corrected chi connectivity index (χ1v) is 9.50. The Morgan fingerprint density at radius 2 is 1.85 bits per heavy atom. The van der Waals surface area contributed by atoms with E-state index in [-0.39, 0.29) is 11.7 Å². The van der Waals surface area contributed by atoms with Crippen molar-refractivity contribution in [3.63, 3.8) is 0 Å². The number of amides is 1. The van der Waals surface area contributed by atoms with Gasteiger partial charge < -0.3 is 15.1 Å². The topological polar surface area (TPSA) is 61.4 Å². The molecule has 2 heterocycles. The monoisotopic (exact) mass is 371 g/mol. The Morgan fingerprint density at radius 3 is 2.48 bits per heavy atom. The third-order valence-electron chi connectivity index (χ3n) is 4.77. The van der Waals surface area contributed by atoms with Gasteiger partial charge in [-0.2, -0.15) is 0 Å². The first-order chi connectivity index (χ1) is 13.1. The third-order valence-corrected chi connectivity index (χ3v) is 4.77. The summed E-state index contributed by atoms with van der Waals surface area (Å²) in [4.78, 5) is 26.2. The van der Waals surface area contributed by atoms with Crippen LogP contribution < -0.4 is 10.2 Å². The molecule has 0 atom stereocenters. The van der Waals surface area contributed by atoms with Crippen molar-refractivity contribution in [2.24, 2.45) is 0 Å². The average Bonchev–Trinajstić information content (AvgIpc) is 2.72. The van der Waals surface area contributed by atoms with E-state index < -0.39 is 0 Å². The summed E-state index contributed by atoms with van der Waals surface area (Å²) in [5.74, 6) is 0.685. The number of aromatic nitrogens is 2. The van der Waals surface area contributed by atoms with Crippen LogP contribution in [0.15, 0.2) is 30.5 Å². The molecule has 1 N–H and O–H groups in total. The number of hydrogen-bond acceptors (Lipinski definition) is 5. The zero-order valence-corrected chi connectivity index (χ0v) is 15.9. The number of benzene rings is 1. The van der Waals surface area contributed by atoms with Gasteiger partial charge in [0.15, 0.2) is 5.82 Å². The molecular weight excluding hydrogens is 345 g/mol. The molecule has 1 aliphatic rings. The molecule has 6 nitrogen and oxygen atoms in total. The van der Waals surface area contributed by atoms with Crippen molar-refractivity contribution in [3.8, 4) is 11.4 Å². The molecule has 7 heteroatoms. The second-order valence-corrected chi connectivity index (χ2v) is 6.61. The van der Waals surface area contributed by atoms with E-state index in [1.807, 2.05) is 6.92 Å². The predicted molar refractivity (Wildman–Crippen MR) is 104 cm³/mol. The van der Waals surface area contributed by atoms with Crippen molar-refractivity contribution in [3.05, 3.63) is 41.8 Å². The van der Waals surface area contributed by atoms with E-state index in [2.05, 4.69) is 32.0 Å². The van der Waals surface area contributed by atoms with Gasteiger partial charge in [-0.15, -0.1) is 0 Å². The van der Waals surface area contributed by atoms with Crippen molar-refractivity contribution in [1.82, 2.24) is 20.2 Å². The Labute approximate surface area is 159 Å². The number of carbonyl (C=O) groups excluding carboxylic acids is 1. The summed E-state index contributed by atoms with van der Waals surface area (Å²) in [5.41, 5.74) is 1.21. The minimum atomic E-state index is -0.301. The Bertz CT molecular complexity index is 772. The first-order valence-electron chi connectivity index (χ1n) is 9.50. The molecule has 1 aromatic carbocycles. The highest BCUT2D eigenvalue weighted by molar-refractivity contribution is 5.98. The molecule has 0 radical (unpaired) electrons. The van der Waals surface area contributed by atoms with E-state index in [1.165, 1.54) is 12.1 Å². The number of piperazine rings is 1. The van der Waals surface area contributed by atoms with Crippen LogP contribution in [0.3, 0.4) is 0 Å². The van der Waals surface area contributed by atoms with Crippen molar-refractivity contribution in [2.45, 2.75) is 20.3 Å². The minimum absolute atomic E-state index is 0.157. The first kappa shape index (κ1) is 19.2. The predicted octanol–water partition coefficient (Wildman–Crippen LogP) is 2.56. The summed E-state index contributed by atoms with van der Waals surface area (Å²) >= 11 is 0. The molecule has 0 saturated carbocycles. The molecule has 1 amide bonds. The van der Waals surface area contributed by atoms with Crippen LogP contribution in [0.4, 0.5) is 10.2 Å². The van der Waals surface area contributed by atoms with Gasteiger partial charge in [0, 0.05) is 44.5 Å². The maximum absolute atomic E-state index is 13.2. The number of nitrogens with zero attached hydrogens (tertiary/aromatic N) is 4. The van der Waals surface area contributed by atoms with Crippen LogP contribution in [0, 0.1) is 5.82 Å². The van der Waals surface area contributed by atoms with E-state index in [4.69, 9.17) is 0 Å². The van der Waals surface area contributed by atoms with Gasteiger partial charge in [-0.1, -0.05) is 13.8 Å². The maximum atomic E-state index is 13.2. The summed E-state index contributed by atoms with van der Waals surface area (Å²) in [6, 6.07) is 6.08. The van der Waals surface area contributed by atoms with Gasteiger partial charge in [0.25, 0.3) is 5.91 Å². The Kier molecular flexibility index (Phi) is 6.34. The number of hydrogen-bond donors (Lipinski definition) is 1. The van der Waals surface area contributed by atoms with Gasteiger partial charge in [0.1, 0.15) is 17.2 Å². The van der Waals surface area contributed by atoms with E-state index in [9.17, 15) is 9.18 Å². The molecular formula is C20H26FN5O. The lowest BCUT2D eigenvalue weighted by atomic mass is 10.2. The second kappa shape index (κ2) is 8.90. The number of rotatable bonds is 6. The lowest BCUT2D eigenvalue weighted by molar-refractivity contribution is 0.0953. The van der Waals surface area contributed by atoms with E-state index in [0.717, 1.165) is 44.7 Å². The fraction of sp³-hybridized carbons (Fsp3) is 0.450. The summed E-state index contributed by atoms with van der Waals surface area (Å²) in [7, 11) is 0. The molecule has 0 aliphatic carbocycles. The lowest BCUT2D eigenvalue weighted by Gasteiger charge is -2.35. The highest BCUT2D eigenvalue weighted by atomic mass is 19.1. The molecule has 27 heavy (non-hydrogen) atoms. The second-order valence-electron chi connectivity index (χ2n) is 6.61. The standard InChI is InChI=1S/C20H26FN5O/c1-3-9-22-20(27)17-14-23-18(15-5-7-16(21)8-6-15)24-19(17)26-12-10-25(4-2)11-13-26/h5-8,14H,3-4,9-13H2,1-2H3,(H,22,27). The molecule has 144 valence electrons. The van der Waals surface area contributed by atoms with E-state index in [1.54, 1.807) is 18.3 Å².